The van der Waals surface area contributed by atoms with Crippen LogP contribution in [0, 0.1) is 13.8 Å². The molecule has 0 fully saturated rings. The highest BCUT2D eigenvalue weighted by Crippen LogP contribution is 2.19. The number of hydrogen-bond donors (Lipinski definition) is 1. The van der Waals surface area contributed by atoms with Crippen LogP contribution in [0.25, 0.3) is 0 Å². The zero-order valence-electron chi connectivity index (χ0n) is 12.3. The summed E-state index contributed by atoms with van der Waals surface area (Å²) >= 11 is 0. The van der Waals surface area contributed by atoms with Crippen molar-refractivity contribution < 1.29 is 0 Å². The molecule has 1 aromatic carbocycles. The number of pyridine rings is 1. The summed E-state index contributed by atoms with van der Waals surface area (Å²) in [6.45, 7) is 6.76. The van der Waals surface area contributed by atoms with Crippen molar-refractivity contribution in [2.45, 2.75) is 26.8 Å². The highest BCUT2D eigenvalue weighted by molar-refractivity contribution is 5.49. The topological polar surface area (TPSA) is 42.2 Å². The first-order valence-electron chi connectivity index (χ1n) is 7.11. The fraction of sp³-hybridized carbons (Fsp3) is 0.353. The lowest BCUT2D eigenvalue weighted by molar-refractivity contribution is 0.734. The summed E-state index contributed by atoms with van der Waals surface area (Å²) < 4.78 is 0. The van der Waals surface area contributed by atoms with Crippen molar-refractivity contribution in [1.82, 2.24) is 4.98 Å². The van der Waals surface area contributed by atoms with E-state index < -0.39 is 0 Å². The minimum absolute atomic E-state index is 0.717. The summed E-state index contributed by atoms with van der Waals surface area (Å²) in [6.07, 6.45) is 4.83. The van der Waals surface area contributed by atoms with E-state index in [2.05, 4.69) is 54.1 Å². The molecule has 0 aliphatic carbocycles. The summed E-state index contributed by atoms with van der Waals surface area (Å²) in [6, 6.07) is 10.8. The summed E-state index contributed by atoms with van der Waals surface area (Å²) in [5, 5.41) is 0. The maximum absolute atomic E-state index is 5.66. The molecule has 0 saturated heterocycles. The Balaban J connectivity index is 2.19. The third-order valence-corrected chi connectivity index (χ3v) is 3.30. The van der Waals surface area contributed by atoms with Gasteiger partial charge in [-0.25, -0.2) is 0 Å². The Hall–Kier alpha value is -1.87. The molecular formula is C17H23N3. The van der Waals surface area contributed by atoms with Gasteiger partial charge in [0, 0.05) is 31.2 Å². The van der Waals surface area contributed by atoms with Crippen LogP contribution in [0.15, 0.2) is 42.7 Å². The number of aromatic nitrogens is 1. The lowest BCUT2D eigenvalue weighted by atomic mass is 10.1. The smallest absolute Gasteiger partial charge is 0.0444 e. The molecule has 1 aromatic heterocycles. The van der Waals surface area contributed by atoms with Gasteiger partial charge in [0.25, 0.3) is 0 Å². The molecule has 106 valence electrons. The van der Waals surface area contributed by atoms with Crippen molar-refractivity contribution in [2.24, 2.45) is 5.73 Å². The monoisotopic (exact) mass is 269 g/mol. The third kappa shape index (κ3) is 4.07. The molecule has 0 spiro atoms. The molecule has 0 amide bonds. The van der Waals surface area contributed by atoms with Gasteiger partial charge in [-0.05, 0) is 55.6 Å². The fourth-order valence-electron chi connectivity index (χ4n) is 2.33. The van der Waals surface area contributed by atoms with E-state index in [0.717, 1.165) is 19.5 Å². The van der Waals surface area contributed by atoms with Crippen molar-refractivity contribution >= 4 is 5.69 Å². The minimum atomic E-state index is 0.717. The van der Waals surface area contributed by atoms with E-state index in [-0.39, 0.29) is 0 Å². The molecule has 3 nitrogen and oxygen atoms in total. The van der Waals surface area contributed by atoms with Gasteiger partial charge in [0.2, 0.25) is 0 Å². The van der Waals surface area contributed by atoms with Crippen molar-refractivity contribution in [2.75, 3.05) is 18.0 Å². The summed E-state index contributed by atoms with van der Waals surface area (Å²) in [4.78, 5) is 6.65. The second-order valence-electron chi connectivity index (χ2n) is 5.27. The van der Waals surface area contributed by atoms with Crippen molar-refractivity contribution in [3.05, 3.63) is 59.4 Å². The van der Waals surface area contributed by atoms with Crippen LogP contribution in [0.1, 0.15) is 23.1 Å². The molecule has 0 saturated carbocycles. The number of hydrogen-bond acceptors (Lipinski definition) is 3. The number of aryl methyl sites for hydroxylation is 2. The Morgan fingerprint density at radius 2 is 1.95 bits per heavy atom. The van der Waals surface area contributed by atoms with Crippen LogP contribution in [0.3, 0.4) is 0 Å². The second-order valence-corrected chi connectivity index (χ2v) is 5.27. The molecule has 0 aliphatic rings. The van der Waals surface area contributed by atoms with E-state index in [9.17, 15) is 0 Å². The number of benzene rings is 1. The van der Waals surface area contributed by atoms with Crippen LogP contribution >= 0.6 is 0 Å². The molecule has 2 N–H and O–H groups in total. The van der Waals surface area contributed by atoms with Gasteiger partial charge < -0.3 is 10.6 Å². The molecule has 2 aromatic rings. The van der Waals surface area contributed by atoms with E-state index in [4.69, 9.17) is 5.73 Å². The Morgan fingerprint density at radius 1 is 1.10 bits per heavy atom. The summed E-state index contributed by atoms with van der Waals surface area (Å²) in [7, 11) is 0. The van der Waals surface area contributed by atoms with Crippen molar-refractivity contribution in [3.63, 3.8) is 0 Å². The van der Waals surface area contributed by atoms with Crippen LogP contribution in [-0.2, 0) is 6.54 Å². The average molecular weight is 269 g/mol. The van der Waals surface area contributed by atoms with Crippen LogP contribution in [0.5, 0.6) is 0 Å². The Kier molecular flexibility index (Phi) is 5.13. The molecule has 3 heteroatoms. The number of nitrogens with zero attached hydrogens (tertiary/aromatic N) is 2. The molecule has 0 radical (unpaired) electrons. The summed E-state index contributed by atoms with van der Waals surface area (Å²) in [5.74, 6) is 0. The highest BCUT2D eigenvalue weighted by atomic mass is 15.1. The quantitative estimate of drug-likeness (QED) is 0.876. The van der Waals surface area contributed by atoms with Gasteiger partial charge >= 0.3 is 0 Å². The molecule has 0 atom stereocenters. The van der Waals surface area contributed by atoms with E-state index in [1.165, 1.54) is 22.4 Å². The maximum Gasteiger partial charge on any atom is 0.0444 e. The first-order valence-corrected chi connectivity index (χ1v) is 7.11. The zero-order valence-corrected chi connectivity index (χ0v) is 12.3. The fourth-order valence-corrected chi connectivity index (χ4v) is 2.33. The van der Waals surface area contributed by atoms with Gasteiger partial charge in [-0.15, -0.1) is 0 Å². The van der Waals surface area contributed by atoms with Crippen LogP contribution in [0.4, 0.5) is 5.69 Å². The Morgan fingerprint density at radius 3 is 2.65 bits per heavy atom. The van der Waals surface area contributed by atoms with Gasteiger partial charge in [0.15, 0.2) is 0 Å². The lowest BCUT2D eigenvalue weighted by Gasteiger charge is -2.25. The molecule has 1 heterocycles. The molecular weight excluding hydrogens is 246 g/mol. The molecule has 20 heavy (non-hydrogen) atoms. The highest BCUT2D eigenvalue weighted by Gasteiger charge is 2.07. The van der Waals surface area contributed by atoms with Crippen LogP contribution in [-0.4, -0.2) is 18.1 Å². The van der Waals surface area contributed by atoms with Crippen LogP contribution in [0.2, 0.25) is 0 Å². The van der Waals surface area contributed by atoms with E-state index in [1.807, 2.05) is 12.4 Å². The average Bonchev–Trinajstić information content (AvgIpc) is 2.43. The van der Waals surface area contributed by atoms with Crippen molar-refractivity contribution in [3.8, 4) is 0 Å². The van der Waals surface area contributed by atoms with E-state index in [1.54, 1.807) is 0 Å². The van der Waals surface area contributed by atoms with Gasteiger partial charge in [-0.1, -0.05) is 18.2 Å². The first kappa shape index (κ1) is 14.5. The zero-order chi connectivity index (χ0) is 14.4. The Labute approximate surface area is 121 Å². The lowest BCUT2D eigenvalue weighted by Crippen LogP contribution is -2.25. The van der Waals surface area contributed by atoms with E-state index >= 15 is 0 Å². The minimum Gasteiger partial charge on any atom is -0.367 e. The molecule has 0 bridgehead atoms. The third-order valence-electron chi connectivity index (χ3n) is 3.30. The van der Waals surface area contributed by atoms with Crippen molar-refractivity contribution in [1.29, 1.82) is 0 Å². The summed E-state index contributed by atoms with van der Waals surface area (Å²) in [5.41, 5.74) is 10.6. The SMILES string of the molecule is Cc1cncc(CN(CCCN)c2cccc(C)c2)c1. The largest absolute Gasteiger partial charge is 0.367 e. The molecule has 2 rings (SSSR count). The second kappa shape index (κ2) is 7.06. The predicted molar refractivity (Wildman–Crippen MR) is 84.9 cm³/mol. The normalized spacial score (nSPS) is 10.6. The number of nitrogens with two attached hydrogens (primary N) is 1. The maximum atomic E-state index is 5.66. The van der Waals surface area contributed by atoms with E-state index in [0.29, 0.717) is 6.54 Å². The number of rotatable bonds is 6. The van der Waals surface area contributed by atoms with Gasteiger partial charge in [-0.2, -0.15) is 0 Å². The first-order chi connectivity index (χ1) is 9.69. The van der Waals surface area contributed by atoms with Gasteiger partial charge in [0.05, 0.1) is 0 Å². The molecule has 0 aliphatic heterocycles. The predicted octanol–water partition coefficient (Wildman–Crippen LogP) is 3.05. The van der Waals surface area contributed by atoms with Crippen LogP contribution < -0.4 is 10.6 Å². The van der Waals surface area contributed by atoms with Gasteiger partial charge in [-0.3, -0.25) is 4.98 Å². The standard InChI is InChI=1S/C17H23N3/c1-14-5-3-6-17(10-14)20(8-4-7-18)13-16-9-15(2)11-19-12-16/h3,5-6,9-12H,4,7-8,13,18H2,1-2H3. The number of anilines is 1. The molecule has 0 unspecified atom stereocenters. The van der Waals surface area contributed by atoms with Gasteiger partial charge in [0.1, 0.15) is 0 Å². The Bertz CT molecular complexity index is 551.